The fourth-order valence-electron chi connectivity index (χ4n) is 4.04. The van der Waals surface area contributed by atoms with E-state index in [1.807, 2.05) is 0 Å². The summed E-state index contributed by atoms with van der Waals surface area (Å²) in [4.78, 5) is 23.4. The zero-order valence-electron chi connectivity index (χ0n) is 20.6. The number of nitrogens with zero attached hydrogens (tertiary/aromatic N) is 2. The largest absolute Gasteiger partial charge is 0.356 e. The number of rotatable bonds is 0. The number of para-hydroxylation sites is 2. The molecule has 192 valence electrons. The van der Waals surface area contributed by atoms with E-state index in [-0.39, 0.29) is 0 Å². The smallest absolute Gasteiger partial charge is 0.211 e. The van der Waals surface area contributed by atoms with Crippen LogP contribution in [0.3, 0.4) is 0 Å². The first-order chi connectivity index (χ1) is 18.2. The molecule has 0 saturated carbocycles. The number of nitrogens with one attached hydrogen (secondary N) is 2. The molecule has 0 fully saturated rings. The zero-order valence-corrected chi connectivity index (χ0v) is 20.6. The molecule has 0 aliphatic heterocycles. The molecule has 0 radical (unpaired) electrons. The Labute approximate surface area is 216 Å². The first-order valence-corrected chi connectivity index (χ1v) is 11.4. The third-order valence-corrected chi connectivity index (χ3v) is 5.71. The monoisotopic (exact) mass is 512 g/mol. The van der Waals surface area contributed by atoms with E-state index in [1.54, 1.807) is 0 Å². The molecule has 38 heavy (non-hydrogen) atoms. The van der Waals surface area contributed by atoms with E-state index in [4.69, 9.17) is 30.6 Å². The molecule has 4 aromatic carbocycles. The van der Waals surface area contributed by atoms with E-state index in [0.717, 1.165) is 0 Å². The van der Waals surface area contributed by atoms with E-state index >= 15 is 0 Å². The minimum Gasteiger partial charge on any atom is -0.356 e. The van der Waals surface area contributed by atoms with Crippen LogP contribution in [0.4, 0.5) is 0 Å². The van der Waals surface area contributed by atoms with Crippen LogP contribution >= 0.6 is 0 Å². The summed E-state index contributed by atoms with van der Waals surface area (Å²) in [5, 5.41) is 34.6. The Kier molecular flexibility index (Phi) is 8.98. The normalized spacial score (nSPS) is 9.95. The molecule has 0 aliphatic carbocycles. The molecule has 2 N–H and O–H groups in total. The van der Waals surface area contributed by atoms with Crippen molar-refractivity contribution in [3.05, 3.63) is 139 Å². The van der Waals surface area contributed by atoms with Crippen LogP contribution in [-0.4, -0.2) is 10.2 Å². The Morgan fingerprint density at radius 2 is 0.816 bits per heavy atom. The second-order valence-electron chi connectivity index (χ2n) is 8.23. The Morgan fingerprint density at radius 3 is 1.18 bits per heavy atom. The quantitative estimate of drug-likeness (QED) is 0.143. The second-order valence-corrected chi connectivity index (χ2v) is 8.23. The molecule has 0 aliphatic rings. The standard InChI is InChI=1S/2C14H11N.2NO3/c2*1-10-5-4-8-14-12(10)9-11-6-2-3-7-13(11)15-14;2*2-1(3)4/h2*2-9H,1H3;;/q;;2*-1/p+2. The van der Waals surface area contributed by atoms with Gasteiger partial charge in [0.2, 0.25) is 22.1 Å². The van der Waals surface area contributed by atoms with Crippen LogP contribution in [-0.2, 0) is 0 Å². The lowest BCUT2D eigenvalue weighted by molar-refractivity contribution is -0.403. The second kappa shape index (κ2) is 12.5. The number of hydrogen-bond donors (Lipinski definition) is 0. The SMILES string of the molecule is Cc1cccc2[nH+]c3ccccc3cc12.Cc1cccc2[nH+]c3ccccc3cc12.O=[N+]([O-])[O-].O=[N+]([O-])[O-]. The van der Waals surface area contributed by atoms with Gasteiger partial charge in [0.25, 0.3) is 0 Å². The lowest BCUT2D eigenvalue weighted by Gasteiger charge is -1.98. The topological polar surface area (TPSA) is 161 Å². The number of aromatic nitrogens is 2. The Bertz CT molecular complexity index is 1600. The van der Waals surface area contributed by atoms with Crippen LogP contribution < -0.4 is 9.97 Å². The fourth-order valence-corrected chi connectivity index (χ4v) is 4.04. The Hall–Kier alpha value is -5.38. The average molecular weight is 513 g/mol. The van der Waals surface area contributed by atoms with Gasteiger partial charge in [0.05, 0.1) is 10.2 Å². The van der Waals surface area contributed by atoms with Crippen LogP contribution in [0, 0.1) is 44.5 Å². The molecule has 10 nitrogen and oxygen atoms in total. The van der Waals surface area contributed by atoms with Crippen molar-refractivity contribution in [3.8, 4) is 0 Å². The zero-order chi connectivity index (χ0) is 27.7. The maximum atomic E-state index is 8.25. The summed E-state index contributed by atoms with van der Waals surface area (Å²) in [7, 11) is 0. The van der Waals surface area contributed by atoms with Crippen molar-refractivity contribution in [2.45, 2.75) is 13.8 Å². The lowest BCUT2D eigenvalue weighted by atomic mass is 10.1. The minimum absolute atomic E-state index is 1.19. The van der Waals surface area contributed by atoms with Crippen LogP contribution in [0.5, 0.6) is 0 Å². The first-order valence-electron chi connectivity index (χ1n) is 11.4. The number of hydrogen-bond acceptors (Lipinski definition) is 6. The first kappa shape index (κ1) is 27.2. The van der Waals surface area contributed by atoms with Crippen molar-refractivity contribution < 1.29 is 20.1 Å². The number of aryl methyl sites for hydroxylation is 2. The lowest BCUT2D eigenvalue weighted by Crippen LogP contribution is -2.05. The van der Waals surface area contributed by atoms with Gasteiger partial charge in [-0.05, 0) is 49.2 Å². The van der Waals surface area contributed by atoms with Crippen LogP contribution in [0.15, 0.2) is 97.1 Å². The summed E-state index contributed by atoms with van der Waals surface area (Å²) < 4.78 is 0. The third-order valence-electron chi connectivity index (χ3n) is 5.71. The van der Waals surface area contributed by atoms with E-state index in [9.17, 15) is 0 Å². The molecule has 6 aromatic rings. The average Bonchev–Trinajstić information content (AvgIpc) is 2.87. The van der Waals surface area contributed by atoms with Gasteiger partial charge in [0.1, 0.15) is 0 Å². The van der Waals surface area contributed by atoms with Crippen molar-refractivity contribution >= 4 is 43.6 Å². The highest BCUT2D eigenvalue weighted by molar-refractivity contribution is 5.90. The predicted octanol–water partition coefficient (Wildman–Crippen LogP) is 5.75. The van der Waals surface area contributed by atoms with Crippen LogP contribution in [0.25, 0.3) is 43.6 Å². The molecule has 6 rings (SSSR count). The number of pyridine rings is 2. The highest BCUT2D eigenvalue weighted by Gasteiger charge is 2.07. The molecule has 2 aromatic heterocycles. The Balaban J connectivity index is 0.000000165. The van der Waals surface area contributed by atoms with Gasteiger partial charge >= 0.3 is 0 Å². The maximum Gasteiger partial charge on any atom is 0.211 e. The summed E-state index contributed by atoms with van der Waals surface area (Å²) in [6, 6.07) is 33.9. The molecule has 0 saturated heterocycles. The van der Waals surface area contributed by atoms with Crippen molar-refractivity contribution in [2.75, 3.05) is 0 Å². The summed E-state index contributed by atoms with van der Waals surface area (Å²) in [6.45, 7) is 4.29. The van der Waals surface area contributed by atoms with Gasteiger partial charge in [-0.15, -0.1) is 0 Å². The molecule has 0 atom stereocenters. The molecule has 0 spiro atoms. The van der Waals surface area contributed by atoms with Crippen molar-refractivity contribution in [2.24, 2.45) is 0 Å². The highest BCUT2D eigenvalue weighted by Crippen LogP contribution is 2.20. The number of benzene rings is 4. The molecule has 10 heteroatoms. The van der Waals surface area contributed by atoms with E-state index in [0.29, 0.717) is 0 Å². The van der Waals surface area contributed by atoms with Gasteiger partial charge in [0, 0.05) is 45.8 Å². The summed E-state index contributed by atoms with van der Waals surface area (Å²) in [6.07, 6.45) is 0. The van der Waals surface area contributed by atoms with Gasteiger partial charge < -0.3 is 30.6 Å². The van der Waals surface area contributed by atoms with Gasteiger partial charge in [0.15, 0.2) is 0 Å². The van der Waals surface area contributed by atoms with Gasteiger partial charge in [-0.25, -0.2) is 9.97 Å². The van der Waals surface area contributed by atoms with Crippen molar-refractivity contribution in [1.82, 2.24) is 0 Å². The summed E-state index contributed by atoms with van der Waals surface area (Å²) >= 11 is 0. The van der Waals surface area contributed by atoms with Crippen molar-refractivity contribution in [3.63, 3.8) is 0 Å². The maximum absolute atomic E-state index is 8.25. The van der Waals surface area contributed by atoms with E-state index < -0.39 is 10.2 Å². The highest BCUT2D eigenvalue weighted by atomic mass is 16.9. The van der Waals surface area contributed by atoms with E-state index in [2.05, 4.69) is 121 Å². The molecular weight excluding hydrogens is 488 g/mol. The number of fused-ring (bicyclic) bond motifs is 4. The fraction of sp³-hybridized carbons (Fsp3) is 0.0714. The summed E-state index contributed by atoms with van der Waals surface area (Å²) in [5.74, 6) is 0. The van der Waals surface area contributed by atoms with Gasteiger partial charge in [-0.2, -0.15) is 0 Å². The summed E-state index contributed by atoms with van der Waals surface area (Å²) in [5.41, 5.74) is 7.41. The van der Waals surface area contributed by atoms with Gasteiger partial charge in [-0.3, -0.25) is 0 Å². The molecular formula is C28H24N4O6. The van der Waals surface area contributed by atoms with Gasteiger partial charge in [-0.1, -0.05) is 48.5 Å². The predicted molar refractivity (Wildman–Crippen MR) is 146 cm³/mol. The van der Waals surface area contributed by atoms with E-state index in [1.165, 1.54) is 54.7 Å². The minimum atomic E-state index is -1.75. The molecule has 2 heterocycles. The Morgan fingerprint density at radius 1 is 0.500 bits per heavy atom. The third kappa shape index (κ3) is 7.31. The van der Waals surface area contributed by atoms with Crippen LogP contribution in [0.1, 0.15) is 11.1 Å². The van der Waals surface area contributed by atoms with Crippen LogP contribution in [0.2, 0.25) is 0 Å². The molecule has 0 bridgehead atoms. The van der Waals surface area contributed by atoms with Crippen molar-refractivity contribution in [1.29, 1.82) is 0 Å². The number of H-pyrrole nitrogens is 2. The molecule has 0 amide bonds. The number of aromatic amines is 2. The molecule has 0 unspecified atom stereocenters.